The van der Waals surface area contributed by atoms with Crippen LogP contribution in [0.4, 0.5) is 0 Å². The Hall–Kier alpha value is -0.0800. The quantitative estimate of drug-likeness (QED) is 0.629. The Morgan fingerprint density at radius 2 is 1.85 bits per heavy atom. The molecule has 13 heavy (non-hydrogen) atoms. The highest BCUT2D eigenvalue weighted by atomic mass is 16.3. The van der Waals surface area contributed by atoms with Crippen LogP contribution in [0.2, 0.25) is 0 Å². The Bertz CT molecular complexity index is 98.3. The summed E-state index contributed by atoms with van der Waals surface area (Å²) >= 11 is 0. The molecule has 0 rings (SSSR count). The Morgan fingerprint density at radius 3 is 2.31 bits per heavy atom. The third kappa shape index (κ3) is 8.26. The van der Waals surface area contributed by atoms with Gasteiger partial charge in [-0.15, -0.1) is 0 Å². The Labute approximate surface area is 82.9 Å². The van der Waals surface area contributed by atoms with Gasteiger partial charge in [0, 0.05) is 6.61 Å². The van der Waals surface area contributed by atoms with Gasteiger partial charge in [-0.25, -0.2) is 0 Å². The molecule has 2 heteroatoms. The number of hydrogen-bond donors (Lipinski definition) is 1. The Morgan fingerprint density at radius 1 is 1.15 bits per heavy atom. The predicted molar refractivity (Wildman–Crippen MR) is 57.9 cm³/mol. The average Bonchev–Trinajstić information content (AvgIpc) is 2.04. The van der Waals surface area contributed by atoms with E-state index < -0.39 is 0 Å². The Balaban J connectivity index is 3.44. The minimum atomic E-state index is 0.354. The van der Waals surface area contributed by atoms with E-state index in [1.165, 1.54) is 32.2 Å². The van der Waals surface area contributed by atoms with Gasteiger partial charge in [-0.1, -0.05) is 19.8 Å². The van der Waals surface area contributed by atoms with Crippen LogP contribution in [0.5, 0.6) is 0 Å². The first kappa shape index (κ1) is 12.9. The van der Waals surface area contributed by atoms with Gasteiger partial charge in [0.1, 0.15) is 0 Å². The van der Waals surface area contributed by atoms with E-state index in [1.807, 2.05) is 0 Å². The number of aliphatic hydroxyl groups is 1. The summed E-state index contributed by atoms with van der Waals surface area (Å²) in [6, 6.07) is 0. The van der Waals surface area contributed by atoms with Gasteiger partial charge >= 0.3 is 0 Å². The van der Waals surface area contributed by atoms with Gasteiger partial charge in [-0.3, -0.25) is 0 Å². The summed E-state index contributed by atoms with van der Waals surface area (Å²) in [6.07, 6.45) is 6.03. The third-order valence-electron chi connectivity index (χ3n) is 2.45. The minimum Gasteiger partial charge on any atom is -0.396 e. The van der Waals surface area contributed by atoms with E-state index in [1.54, 1.807) is 0 Å². The molecule has 0 aliphatic heterocycles. The molecule has 0 fully saturated rings. The molecule has 0 radical (unpaired) electrons. The lowest BCUT2D eigenvalue weighted by molar-refractivity contribution is 0.240. The first-order valence-corrected chi connectivity index (χ1v) is 5.46. The molecule has 0 saturated heterocycles. The fourth-order valence-corrected chi connectivity index (χ4v) is 1.72. The lowest BCUT2D eigenvalue weighted by Gasteiger charge is -2.16. The normalized spacial score (nSPS) is 13.6. The van der Waals surface area contributed by atoms with Crippen molar-refractivity contribution in [3.8, 4) is 0 Å². The van der Waals surface area contributed by atoms with Crippen LogP contribution in [0.1, 0.15) is 39.0 Å². The molecule has 0 unspecified atom stereocenters. The van der Waals surface area contributed by atoms with Crippen LogP contribution in [0.3, 0.4) is 0 Å². The molecule has 0 saturated carbocycles. The predicted octanol–water partition coefficient (Wildman–Crippen LogP) is 2.13. The first-order valence-electron chi connectivity index (χ1n) is 5.46. The van der Waals surface area contributed by atoms with Gasteiger partial charge in [0.05, 0.1) is 0 Å². The molecule has 0 aromatic heterocycles. The highest BCUT2D eigenvalue weighted by Crippen LogP contribution is 2.16. The molecule has 1 atom stereocenters. The molecule has 0 aromatic rings. The molecule has 2 nitrogen and oxygen atoms in total. The number of nitrogens with zero attached hydrogens (tertiary/aromatic N) is 1. The second kappa shape index (κ2) is 8.52. The third-order valence-corrected chi connectivity index (χ3v) is 2.45. The van der Waals surface area contributed by atoms with Crippen LogP contribution in [-0.4, -0.2) is 37.3 Å². The molecule has 0 bridgehead atoms. The molecular formula is C11H25NO. The van der Waals surface area contributed by atoms with Crippen LogP contribution in [-0.2, 0) is 0 Å². The van der Waals surface area contributed by atoms with Crippen molar-refractivity contribution < 1.29 is 5.11 Å². The van der Waals surface area contributed by atoms with Crippen molar-refractivity contribution in [1.82, 2.24) is 4.90 Å². The maximum absolute atomic E-state index is 8.86. The van der Waals surface area contributed by atoms with Crippen LogP contribution in [0.25, 0.3) is 0 Å². The van der Waals surface area contributed by atoms with Crippen molar-refractivity contribution in [3.05, 3.63) is 0 Å². The van der Waals surface area contributed by atoms with Gasteiger partial charge in [-0.05, 0) is 45.8 Å². The lowest BCUT2D eigenvalue weighted by atomic mass is 9.95. The van der Waals surface area contributed by atoms with E-state index in [2.05, 4.69) is 25.9 Å². The zero-order valence-corrected chi connectivity index (χ0v) is 9.42. The van der Waals surface area contributed by atoms with Gasteiger partial charge in [0.25, 0.3) is 0 Å². The van der Waals surface area contributed by atoms with Crippen molar-refractivity contribution in [1.29, 1.82) is 0 Å². The standard InChI is InChI=1S/C11H25NO/c1-4-6-11(8-10-13)7-5-9-12(2)3/h11,13H,4-10H2,1-3H3/t11-/m1/s1. The minimum absolute atomic E-state index is 0.354. The zero-order chi connectivity index (χ0) is 10.1. The van der Waals surface area contributed by atoms with Crippen LogP contribution < -0.4 is 0 Å². The van der Waals surface area contributed by atoms with Gasteiger partial charge in [0.2, 0.25) is 0 Å². The highest BCUT2D eigenvalue weighted by Gasteiger charge is 2.06. The van der Waals surface area contributed by atoms with E-state index in [9.17, 15) is 0 Å². The topological polar surface area (TPSA) is 23.5 Å². The summed E-state index contributed by atoms with van der Waals surface area (Å²) in [6.45, 7) is 3.74. The van der Waals surface area contributed by atoms with Gasteiger partial charge in [0.15, 0.2) is 0 Å². The van der Waals surface area contributed by atoms with Crippen LogP contribution in [0, 0.1) is 5.92 Å². The largest absolute Gasteiger partial charge is 0.396 e. The van der Waals surface area contributed by atoms with E-state index in [0.717, 1.165) is 12.3 Å². The molecule has 0 amide bonds. The molecular weight excluding hydrogens is 162 g/mol. The fourth-order valence-electron chi connectivity index (χ4n) is 1.72. The SMILES string of the molecule is CCC[C@@H](CCO)CCCN(C)C. The van der Waals surface area contributed by atoms with E-state index >= 15 is 0 Å². The van der Waals surface area contributed by atoms with Crippen molar-refractivity contribution >= 4 is 0 Å². The molecule has 0 aliphatic carbocycles. The summed E-state index contributed by atoms with van der Waals surface area (Å²) < 4.78 is 0. The maximum atomic E-state index is 8.86. The van der Waals surface area contributed by atoms with Gasteiger partial charge in [-0.2, -0.15) is 0 Å². The molecule has 80 valence electrons. The number of aliphatic hydroxyl groups excluding tert-OH is 1. The van der Waals surface area contributed by atoms with Gasteiger partial charge < -0.3 is 10.0 Å². The van der Waals surface area contributed by atoms with E-state index in [-0.39, 0.29) is 0 Å². The molecule has 1 N–H and O–H groups in total. The van der Waals surface area contributed by atoms with E-state index in [0.29, 0.717) is 6.61 Å². The summed E-state index contributed by atoms with van der Waals surface area (Å²) in [5.74, 6) is 0.745. The number of rotatable bonds is 8. The lowest BCUT2D eigenvalue weighted by Crippen LogP contribution is -2.14. The maximum Gasteiger partial charge on any atom is 0.0433 e. The highest BCUT2D eigenvalue weighted by molar-refractivity contribution is 4.59. The summed E-state index contributed by atoms with van der Waals surface area (Å²) in [4.78, 5) is 2.22. The monoisotopic (exact) mass is 187 g/mol. The van der Waals surface area contributed by atoms with Crippen molar-refractivity contribution in [2.45, 2.75) is 39.0 Å². The van der Waals surface area contributed by atoms with Crippen molar-refractivity contribution in [2.24, 2.45) is 5.92 Å². The Kier molecular flexibility index (Phi) is 8.46. The van der Waals surface area contributed by atoms with Crippen molar-refractivity contribution in [2.75, 3.05) is 27.2 Å². The molecule has 0 heterocycles. The summed E-state index contributed by atoms with van der Waals surface area (Å²) in [7, 11) is 4.22. The molecule has 0 spiro atoms. The zero-order valence-electron chi connectivity index (χ0n) is 9.42. The summed E-state index contributed by atoms with van der Waals surface area (Å²) in [5.41, 5.74) is 0. The fraction of sp³-hybridized carbons (Fsp3) is 1.00. The van der Waals surface area contributed by atoms with E-state index in [4.69, 9.17) is 5.11 Å². The second-order valence-corrected chi connectivity index (χ2v) is 4.11. The summed E-state index contributed by atoms with van der Waals surface area (Å²) in [5, 5.41) is 8.86. The van der Waals surface area contributed by atoms with Crippen LogP contribution in [0.15, 0.2) is 0 Å². The van der Waals surface area contributed by atoms with Crippen molar-refractivity contribution in [3.63, 3.8) is 0 Å². The average molecular weight is 187 g/mol. The molecule has 0 aromatic carbocycles. The number of hydrogen-bond acceptors (Lipinski definition) is 2. The van der Waals surface area contributed by atoms with Crippen LogP contribution >= 0.6 is 0 Å². The molecule has 0 aliphatic rings. The smallest absolute Gasteiger partial charge is 0.0433 e. The first-order chi connectivity index (χ1) is 6.20. The second-order valence-electron chi connectivity index (χ2n) is 4.11.